The van der Waals surface area contributed by atoms with Gasteiger partial charge in [0.1, 0.15) is 23.4 Å². The van der Waals surface area contributed by atoms with E-state index in [2.05, 4.69) is 12.2 Å². The number of rotatable bonds is 5. The van der Waals surface area contributed by atoms with E-state index in [0.717, 1.165) is 25.0 Å². The van der Waals surface area contributed by atoms with Crippen molar-refractivity contribution in [2.75, 3.05) is 26.9 Å². The highest BCUT2D eigenvalue weighted by atomic mass is 19.1. The molecule has 8 heteroatoms. The van der Waals surface area contributed by atoms with Gasteiger partial charge in [-0.1, -0.05) is 13.3 Å². The summed E-state index contributed by atoms with van der Waals surface area (Å²) in [5, 5.41) is 2.73. The smallest absolute Gasteiger partial charge is 0.257 e. The summed E-state index contributed by atoms with van der Waals surface area (Å²) in [6.45, 7) is 2.76. The Hall–Kier alpha value is -2.06. The molecule has 0 radical (unpaired) electrons. The molecule has 0 unspecified atom stereocenters. The Morgan fingerprint density at radius 2 is 2.04 bits per heavy atom. The van der Waals surface area contributed by atoms with Crippen molar-refractivity contribution in [1.29, 1.82) is 0 Å². The van der Waals surface area contributed by atoms with E-state index >= 15 is 0 Å². The minimum absolute atomic E-state index is 0.0507. The van der Waals surface area contributed by atoms with Crippen LogP contribution in [0.1, 0.15) is 43.0 Å². The monoisotopic (exact) mass is 396 g/mol. The second-order valence-electron chi connectivity index (χ2n) is 7.59. The van der Waals surface area contributed by atoms with Crippen LogP contribution in [0.4, 0.5) is 8.78 Å². The number of carbonyl (C=O) groups is 2. The number of hydrogen-bond donors (Lipinski definition) is 1. The average Bonchev–Trinajstić information content (AvgIpc) is 2.98. The van der Waals surface area contributed by atoms with Crippen molar-refractivity contribution in [3.8, 4) is 0 Å². The molecule has 0 bridgehead atoms. The van der Waals surface area contributed by atoms with E-state index in [9.17, 15) is 18.4 Å². The maximum Gasteiger partial charge on any atom is 0.257 e. The SMILES string of the molecule is COCCNC(=O)[C@@H]1CO[C@]2(CCC[C@H](C)C2)N1C(=O)c1cc(F)cc(F)c1. The van der Waals surface area contributed by atoms with Crippen LogP contribution < -0.4 is 5.32 Å². The molecule has 1 aromatic rings. The number of amides is 2. The normalized spacial score (nSPS) is 27.2. The van der Waals surface area contributed by atoms with Crippen molar-refractivity contribution in [1.82, 2.24) is 10.2 Å². The van der Waals surface area contributed by atoms with Crippen molar-refractivity contribution in [3.05, 3.63) is 35.4 Å². The maximum absolute atomic E-state index is 13.7. The highest BCUT2D eigenvalue weighted by Crippen LogP contribution is 2.43. The van der Waals surface area contributed by atoms with Gasteiger partial charge in [-0.2, -0.15) is 0 Å². The fourth-order valence-corrected chi connectivity index (χ4v) is 4.22. The van der Waals surface area contributed by atoms with Crippen molar-refractivity contribution < 1.29 is 27.8 Å². The highest BCUT2D eigenvalue weighted by molar-refractivity contribution is 5.98. The molecule has 154 valence electrons. The second kappa shape index (κ2) is 8.53. The number of hydrogen-bond acceptors (Lipinski definition) is 4. The Labute approximate surface area is 163 Å². The van der Waals surface area contributed by atoms with Crippen LogP contribution in [0.3, 0.4) is 0 Å². The summed E-state index contributed by atoms with van der Waals surface area (Å²) in [5.74, 6) is -2.33. The molecule has 1 aliphatic heterocycles. The minimum atomic E-state index is -0.930. The Bertz CT molecular complexity index is 725. The third-order valence-corrected chi connectivity index (χ3v) is 5.43. The number of benzene rings is 1. The maximum atomic E-state index is 13.7. The fourth-order valence-electron chi connectivity index (χ4n) is 4.22. The number of nitrogens with one attached hydrogen (secondary N) is 1. The molecule has 2 aliphatic rings. The molecule has 3 atom stereocenters. The van der Waals surface area contributed by atoms with Gasteiger partial charge in [0.25, 0.3) is 5.91 Å². The molecule has 1 aromatic carbocycles. The predicted molar refractivity (Wildman–Crippen MR) is 97.5 cm³/mol. The van der Waals surface area contributed by atoms with Gasteiger partial charge in [0.2, 0.25) is 5.91 Å². The summed E-state index contributed by atoms with van der Waals surface area (Å²) in [5.41, 5.74) is -1.06. The Morgan fingerprint density at radius 1 is 1.32 bits per heavy atom. The summed E-state index contributed by atoms with van der Waals surface area (Å²) < 4.78 is 38.4. The lowest BCUT2D eigenvalue weighted by Crippen LogP contribution is -2.57. The number of ether oxygens (including phenoxy) is 2. The molecule has 28 heavy (non-hydrogen) atoms. The summed E-state index contributed by atoms with van der Waals surface area (Å²) in [7, 11) is 1.53. The predicted octanol–water partition coefficient (Wildman–Crippen LogP) is 2.47. The number of halogens is 2. The molecule has 2 fully saturated rings. The van der Waals surface area contributed by atoms with Crippen LogP contribution in [0.2, 0.25) is 0 Å². The van der Waals surface area contributed by atoms with Crippen LogP contribution in [0, 0.1) is 17.6 Å². The molecular weight excluding hydrogens is 370 g/mol. The fraction of sp³-hybridized carbons (Fsp3) is 0.600. The summed E-state index contributed by atoms with van der Waals surface area (Å²) in [6, 6.07) is 1.83. The van der Waals surface area contributed by atoms with Crippen LogP contribution in [-0.4, -0.2) is 55.3 Å². The van der Waals surface area contributed by atoms with Gasteiger partial charge in [0.05, 0.1) is 13.2 Å². The Kier molecular flexibility index (Phi) is 6.30. The lowest BCUT2D eigenvalue weighted by molar-refractivity contribution is -0.128. The van der Waals surface area contributed by atoms with Crippen LogP contribution in [0.5, 0.6) is 0 Å². The van der Waals surface area contributed by atoms with Gasteiger partial charge in [-0.25, -0.2) is 8.78 Å². The van der Waals surface area contributed by atoms with E-state index in [1.165, 1.54) is 12.0 Å². The molecule has 2 amide bonds. The zero-order chi connectivity index (χ0) is 20.3. The van der Waals surface area contributed by atoms with Gasteiger partial charge < -0.3 is 14.8 Å². The van der Waals surface area contributed by atoms with Gasteiger partial charge in [-0.05, 0) is 37.3 Å². The average molecular weight is 396 g/mol. The molecule has 3 rings (SSSR count). The van der Waals surface area contributed by atoms with Gasteiger partial charge in [-0.3, -0.25) is 14.5 Å². The van der Waals surface area contributed by atoms with Crippen molar-refractivity contribution in [2.24, 2.45) is 5.92 Å². The first kappa shape index (κ1) is 20.7. The first-order chi connectivity index (χ1) is 13.4. The number of carbonyl (C=O) groups excluding carboxylic acids is 2. The minimum Gasteiger partial charge on any atom is -0.383 e. The van der Waals surface area contributed by atoms with E-state index in [4.69, 9.17) is 9.47 Å². The van der Waals surface area contributed by atoms with E-state index < -0.39 is 29.3 Å². The molecule has 6 nitrogen and oxygen atoms in total. The first-order valence-corrected chi connectivity index (χ1v) is 9.56. The van der Waals surface area contributed by atoms with Crippen molar-refractivity contribution >= 4 is 11.8 Å². The van der Waals surface area contributed by atoms with Gasteiger partial charge in [0, 0.05) is 25.3 Å². The van der Waals surface area contributed by atoms with Crippen molar-refractivity contribution in [3.63, 3.8) is 0 Å². The van der Waals surface area contributed by atoms with Gasteiger partial charge in [-0.15, -0.1) is 0 Å². The number of methoxy groups -OCH3 is 1. The second-order valence-corrected chi connectivity index (χ2v) is 7.59. The highest BCUT2D eigenvalue weighted by Gasteiger charge is 2.54. The van der Waals surface area contributed by atoms with Gasteiger partial charge in [0.15, 0.2) is 0 Å². The molecule has 1 saturated heterocycles. The summed E-state index contributed by atoms with van der Waals surface area (Å²) in [6.07, 6.45) is 3.02. The summed E-state index contributed by atoms with van der Waals surface area (Å²) in [4.78, 5) is 27.4. The lowest BCUT2D eigenvalue weighted by atomic mass is 9.83. The molecule has 1 aliphatic carbocycles. The van der Waals surface area contributed by atoms with Gasteiger partial charge >= 0.3 is 0 Å². The zero-order valence-corrected chi connectivity index (χ0v) is 16.2. The first-order valence-electron chi connectivity index (χ1n) is 9.56. The number of nitrogens with zero attached hydrogens (tertiary/aromatic N) is 1. The van der Waals surface area contributed by atoms with Crippen LogP contribution in [0.25, 0.3) is 0 Å². The molecule has 1 spiro atoms. The molecular formula is C20H26F2N2O4. The molecule has 1 N–H and O–H groups in total. The van der Waals surface area contributed by atoms with Crippen LogP contribution >= 0.6 is 0 Å². The molecule has 0 aromatic heterocycles. The van der Waals surface area contributed by atoms with Crippen LogP contribution in [-0.2, 0) is 14.3 Å². The third-order valence-electron chi connectivity index (χ3n) is 5.43. The van der Waals surface area contributed by atoms with E-state index in [0.29, 0.717) is 38.0 Å². The Balaban J connectivity index is 1.92. The largest absolute Gasteiger partial charge is 0.383 e. The van der Waals surface area contributed by atoms with E-state index in [1.807, 2.05) is 0 Å². The van der Waals surface area contributed by atoms with E-state index in [-0.39, 0.29) is 18.1 Å². The van der Waals surface area contributed by atoms with E-state index in [1.54, 1.807) is 0 Å². The standard InChI is InChI=1S/C20H26F2N2O4/c1-13-4-3-5-20(11-13)24(17(12-28-20)18(25)23-6-7-27-2)19(26)14-8-15(21)10-16(22)9-14/h8-10,13,17H,3-7,11-12H2,1-2H3,(H,23,25)/t13-,17-,20-/m0/s1. The zero-order valence-electron chi connectivity index (χ0n) is 16.2. The molecule has 1 heterocycles. The quantitative estimate of drug-likeness (QED) is 0.777. The topological polar surface area (TPSA) is 67.9 Å². The molecule has 1 saturated carbocycles. The van der Waals surface area contributed by atoms with Crippen molar-refractivity contribution in [2.45, 2.75) is 44.4 Å². The lowest BCUT2D eigenvalue weighted by Gasteiger charge is -2.43. The summed E-state index contributed by atoms with van der Waals surface area (Å²) >= 11 is 0. The van der Waals surface area contributed by atoms with Crippen LogP contribution in [0.15, 0.2) is 18.2 Å². The third kappa shape index (κ3) is 4.17. The Morgan fingerprint density at radius 3 is 2.68 bits per heavy atom.